The van der Waals surface area contributed by atoms with E-state index in [1.54, 1.807) is 86.8 Å². The number of fused-ring (bicyclic) bond motifs is 2. The van der Waals surface area contributed by atoms with Crippen LogP contribution >= 0.6 is 0 Å². The lowest BCUT2D eigenvalue weighted by molar-refractivity contribution is -0.307. The van der Waals surface area contributed by atoms with E-state index >= 15 is 0 Å². The quantitative estimate of drug-likeness (QED) is 0.154. The number of ether oxygens (including phenoxy) is 4. The van der Waals surface area contributed by atoms with Crippen LogP contribution < -0.4 is 16.8 Å². The molecular weight excluding hydrogens is 953 g/mol. The molecule has 0 spiro atoms. The highest BCUT2D eigenvalue weighted by atomic mass is 19.3. The molecule has 15 N–H and O–H groups in total. The lowest BCUT2D eigenvalue weighted by atomic mass is 9.82. The minimum absolute atomic E-state index is 0.164. The molecule has 72 heavy (non-hydrogen) atoms. The summed E-state index contributed by atoms with van der Waals surface area (Å²) in [5.74, 6) is -13.3. The van der Waals surface area contributed by atoms with E-state index < -0.39 is 172 Å². The standard InChI is InChI=1S/C50H77F2N3O17/c1-28-17-15-13-11-9-7-5-6-8-10-12-14-16-18-35(71-47-45(65)42(53)44(64)31(4)70-47)24-39-41(46(66)55-27-50(51,52)48(54)67)38(61)26-49(68,72-39)25-34(58)22-37(60)36(59)20-19-32(56)21-33(57)23-40(62)69-30(3)29(2)43(28)63/h5-18,28-39,41-45,47,56-61,63-65,68H,19-27,53H2,1-4H3,(H2,54,67)(H,55,66)/b6-5+,9-7+,10-8+,13-11+,14-12+,17-15+,18-16+/t28-,29-,30-,31+,32?,33?,34-,35?,36?,37?,38-,39-,41?,42-,43?,44+,45-,47-,49?/m0/s1. The summed E-state index contributed by atoms with van der Waals surface area (Å²) < 4.78 is 51.8. The number of allylic oxidation sites excluding steroid dienone is 12. The minimum Gasteiger partial charge on any atom is -0.462 e. The highest BCUT2D eigenvalue weighted by Gasteiger charge is 2.51. The Balaban J connectivity index is 1.96. The molecule has 0 aromatic rings. The largest absolute Gasteiger partial charge is 0.462 e. The second-order valence-corrected chi connectivity index (χ2v) is 19.0. The normalized spacial score (nSPS) is 42.4. The SMILES string of the molecule is C[C@@H]1OC(=O)CC(O)CC(O)CCC(O)C(O)C[C@H](O)CC2(O)C[C@H](O)C(C(=O)NCC(F)(F)C(N)=O)[C@H](CC(O[C@@H]3O[C@H](C)[C@@H](O)[C@H](N)[C@@H]3O)/C=C/C=C/C=C/C=C/C=C/C=C/C=C/[C@H](C)C(O)[C@H]1C)O2. The van der Waals surface area contributed by atoms with Crippen molar-refractivity contribution in [2.75, 3.05) is 6.54 Å². The Morgan fingerprint density at radius 2 is 1.29 bits per heavy atom. The van der Waals surface area contributed by atoms with E-state index in [0.29, 0.717) is 0 Å². The lowest BCUT2D eigenvalue weighted by Gasteiger charge is -2.46. The van der Waals surface area contributed by atoms with Crippen LogP contribution in [0.1, 0.15) is 79.1 Å². The summed E-state index contributed by atoms with van der Waals surface area (Å²) in [6.45, 7) is 5.07. The van der Waals surface area contributed by atoms with Gasteiger partial charge in [-0.3, -0.25) is 14.4 Å². The minimum atomic E-state index is -4.20. The van der Waals surface area contributed by atoms with Crippen LogP contribution in [0.25, 0.3) is 0 Å². The Bertz CT molecular complexity index is 1920. The zero-order valence-electron chi connectivity index (χ0n) is 41.1. The van der Waals surface area contributed by atoms with Crippen LogP contribution in [0.4, 0.5) is 8.78 Å². The molecule has 3 rings (SSSR count). The first kappa shape index (κ1) is 62.2. The Morgan fingerprint density at radius 3 is 1.88 bits per heavy atom. The van der Waals surface area contributed by atoms with E-state index in [2.05, 4.69) is 0 Å². The summed E-state index contributed by atoms with van der Waals surface area (Å²) in [7, 11) is 0. The third kappa shape index (κ3) is 20.3. The van der Waals surface area contributed by atoms with E-state index in [1.807, 2.05) is 12.2 Å². The number of carbonyl (C=O) groups is 3. The number of esters is 1. The number of hydrogen-bond acceptors (Lipinski definition) is 18. The van der Waals surface area contributed by atoms with Gasteiger partial charge in [0.15, 0.2) is 12.1 Å². The predicted octanol–water partition coefficient (Wildman–Crippen LogP) is -0.136. The highest BCUT2D eigenvalue weighted by molar-refractivity contribution is 5.84. The lowest BCUT2D eigenvalue weighted by Crippen LogP contribution is -2.62. The third-order valence-corrected chi connectivity index (χ3v) is 12.9. The van der Waals surface area contributed by atoms with Crippen LogP contribution in [0, 0.1) is 17.8 Å². The number of primary amides is 1. The summed E-state index contributed by atoms with van der Waals surface area (Å²) in [4.78, 5) is 37.6. The van der Waals surface area contributed by atoms with Gasteiger partial charge < -0.3 is 86.8 Å². The number of aliphatic hydroxyl groups excluding tert-OH is 9. The van der Waals surface area contributed by atoms with Crippen LogP contribution in [0.5, 0.6) is 0 Å². The Hall–Kier alpha value is -4.11. The molecule has 0 aromatic heterocycles. The van der Waals surface area contributed by atoms with Crippen molar-refractivity contribution >= 4 is 17.8 Å². The fraction of sp³-hybridized carbons (Fsp3) is 0.660. The Morgan fingerprint density at radius 1 is 0.722 bits per heavy atom. The molecule has 0 aliphatic carbocycles. The summed E-state index contributed by atoms with van der Waals surface area (Å²) >= 11 is 0. The maximum atomic E-state index is 14.3. The van der Waals surface area contributed by atoms with Crippen molar-refractivity contribution < 1.29 is 93.2 Å². The summed E-state index contributed by atoms with van der Waals surface area (Å²) in [5, 5.41) is 111. The Labute approximate surface area is 418 Å². The monoisotopic (exact) mass is 1030 g/mol. The van der Waals surface area contributed by atoms with E-state index in [9.17, 15) is 74.2 Å². The molecule has 3 heterocycles. The average molecular weight is 1030 g/mol. The van der Waals surface area contributed by atoms with Gasteiger partial charge in [-0.1, -0.05) is 98.9 Å². The molecule has 0 aromatic carbocycles. The van der Waals surface area contributed by atoms with Gasteiger partial charge in [-0.25, -0.2) is 0 Å². The molecule has 20 nitrogen and oxygen atoms in total. The topological polar surface area (TPSA) is 355 Å². The van der Waals surface area contributed by atoms with Gasteiger partial charge in [0.2, 0.25) is 5.91 Å². The molecule has 3 aliphatic rings. The molecule has 2 saturated heterocycles. The molecule has 0 saturated carbocycles. The van der Waals surface area contributed by atoms with Gasteiger partial charge in [0, 0.05) is 37.5 Å². The summed E-state index contributed by atoms with van der Waals surface area (Å²) in [6.07, 6.45) is 0.693. The fourth-order valence-electron chi connectivity index (χ4n) is 8.39. The molecule has 2 fully saturated rings. The number of alkyl halides is 2. The maximum Gasteiger partial charge on any atom is 0.341 e. The van der Waals surface area contributed by atoms with Crippen LogP contribution in [-0.2, 0) is 33.3 Å². The van der Waals surface area contributed by atoms with Gasteiger partial charge in [0.1, 0.15) is 12.2 Å². The summed E-state index contributed by atoms with van der Waals surface area (Å²) in [6, 6.07) is -1.24. The second-order valence-electron chi connectivity index (χ2n) is 19.0. The molecule has 22 heteroatoms. The van der Waals surface area contributed by atoms with Gasteiger partial charge in [-0.15, -0.1) is 0 Å². The van der Waals surface area contributed by atoms with Crippen LogP contribution in [0.2, 0.25) is 0 Å². The number of carbonyl (C=O) groups excluding carboxylic acids is 3. The van der Waals surface area contributed by atoms with E-state index in [1.165, 1.54) is 19.1 Å². The van der Waals surface area contributed by atoms with Gasteiger partial charge in [0.05, 0.1) is 92.1 Å². The van der Waals surface area contributed by atoms with Gasteiger partial charge in [-0.2, -0.15) is 8.78 Å². The average Bonchev–Trinajstić information content (AvgIpc) is 3.29. The molecule has 2 amide bonds. The van der Waals surface area contributed by atoms with Crippen molar-refractivity contribution in [1.82, 2.24) is 5.32 Å². The number of rotatable bonds is 6. The number of nitrogens with one attached hydrogen (secondary N) is 1. The number of amides is 2. The second kappa shape index (κ2) is 29.7. The van der Waals surface area contributed by atoms with Crippen molar-refractivity contribution in [3.63, 3.8) is 0 Å². The van der Waals surface area contributed by atoms with Crippen LogP contribution in [0.3, 0.4) is 0 Å². The first-order valence-electron chi connectivity index (χ1n) is 24.2. The number of nitrogens with two attached hydrogens (primary N) is 2. The van der Waals surface area contributed by atoms with Crippen molar-refractivity contribution in [1.29, 1.82) is 0 Å². The first-order valence-corrected chi connectivity index (χ1v) is 24.2. The van der Waals surface area contributed by atoms with E-state index in [4.69, 9.17) is 30.4 Å². The molecule has 0 radical (unpaired) electrons. The molecule has 19 atom stereocenters. The molecule has 8 unspecified atom stereocenters. The smallest absolute Gasteiger partial charge is 0.341 e. The van der Waals surface area contributed by atoms with E-state index in [-0.39, 0.29) is 25.2 Å². The van der Waals surface area contributed by atoms with Gasteiger partial charge >= 0.3 is 11.9 Å². The van der Waals surface area contributed by atoms with Crippen molar-refractivity contribution in [3.05, 3.63) is 85.1 Å². The first-order chi connectivity index (χ1) is 33.7. The van der Waals surface area contributed by atoms with E-state index in [0.717, 1.165) is 0 Å². The zero-order valence-corrected chi connectivity index (χ0v) is 41.1. The fourth-order valence-corrected chi connectivity index (χ4v) is 8.39. The van der Waals surface area contributed by atoms with Crippen LogP contribution in [0.15, 0.2) is 85.1 Å². The summed E-state index contributed by atoms with van der Waals surface area (Å²) in [5.41, 5.74) is 10.8. The van der Waals surface area contributed by atoms with Gasteiger partial charge in [-0.05, 0) is 33.1 Å². The molecule has 3 aliphatic heterocycles. The van der Waals surface area contributed by atoms with Crippen LogP contribution in [-0.4, -0.2) is 179 Å². The zero-order chi connectivity index (χ0) is 53.9. The maximum absolute atomic E-state index is 14.3. The number of halogens is 2. The molecular formula is C50H77F2N3O17. The number of cyclic esters (lactones) is 1. The third-order valence-electron chi connectivity index (χ3n) is 12.9. The Kier molecular flexibility index (Phi) is 25.6. The molecule has 2 bridgehead atoms. The predicted molar refractivity (Wildman–Crippen MR) is 257 cm³/mol. The van der Waals surface area contributed by atoms with Gasteiger partial charge in [0.25, 0.3) is 5.91 Å². The van der Waals surface area contributed by atoms with Crippen molar-refractivity contribution in [2.45, 2.75) is 182 Å². The number of aliphatic hydroxyl groups is 10. The van der Waals surface area contributed by atoms with Crippen molar-refractivity contribution in [2.24, 2.45) is 29.2 Å². The van der Waals surface area contributed by atoms with Crippen molar-refractivity contribution in [3.8, 4) is 0 Å². The highest BCUT2D eigenvalue weighted by Crippen LogP contribution is 2.38. The molecule has 408 valence electrons. The number of hydrogen-bond donors (Lipinski definition) is 13.